The fourth-order valence-electron chi connectivity index (χ4n) is 2.62. The number of rotatable bonds is 6. The molecule has 0 spiro atoms. The number of methoxy groups -OCH3 is 1. The highest BCUT2D eigenvalue weighted by Gasteiger charge is 2.52. The Morgan fingerprint density at radius 1 is 1.25 bits per heavy atom. The van der Waals surface area contributed by atoms with Crippen molar-refractivity contribution in [2.24, 2.45) is 5.84 Å². The van der Waals surface area contributed by atoms with Crippen LogP contribution in [-0.4, -0.2) is 42.2 Å². The second kappa shape index (κ2) is 8.69. The van der Waals surface area contributed by atoms with E-state index in [1.54, 1.807) is 18.2 Å². The zero-order valence-corrected chi connectivity index (χ0v) is 17.9. The average molecular weight is 406 g/mol. The van der Waals surface area contributed by atoms with Crippen LogP contribution in [0.2, 0.25) is 0 Å². The van der Waals surface area contributed by atoms with Crippen LogP contribution in [0, 0.1) is 0 Å². The third-order valence-corrected chi connectivity index (χ3v) is 5.86. The Hall–Kier alpha value is -1.81. The van der Waals surface area contributed by atoms with Crippen molar-refractivity contribution in [1.82, 2.24) is 5.43 Å². The number of carbonyl (C=O) groups excluding carboxylic acids is 2. The van der Waals surface area contributed by atoms with Crippen LogP contribution in [0.3, 0.4) is 0 Å². The van der Waals surface area contributed by atoms with E-state index in [1.165, 1.54) is 14.0 Å². The minimum Gasteiger partial charge on any atom is -0.497 e. The first-order valence-corrected chi connectivity index (χ1v) is 9.87. The van der Waals surface area contributed by atoms with Crippen LogP contribution in [0.25, 0.3) is 6.08 Å². The molecular formula is C19H27BN2O5S. The third kappa shape index (κ3) is 4.97. The molecule has 0 atom stereocenters. The Balaban J connectivity index is 2.48. The van der Waals surface area contributed by atoms with Gasteiger partial charge in [0.15, 0.2) is 5.12 Å². The number of hydrogen-bond donors (Lipinski definition) is 2. The Morgan fingerprint density at radius 3 is 2.36 bits per heavy atom. The molecule has 1 saturated heterocycles. The highest BCUT2D eigenvalue weighted by atomic mass is 32.2. The largest absolute Gasteiger partial charge is 0.497 e. The number of nitrogen functional groups attached to an aromatic ring is 1. The summed E-state index contributed by atoms with van der Waals surface area (Å²) < 4.78 is 17.5. The number of thioether (sulfide) groups is 1. The van der Waals surface area contributed by atoms with E-state index in [0.717, 1.165) is 17.2 Å². The van der Waals surface area contributed by atoms with Crippen LogP contribution < -0.4 is 16.0 Å². The lowest BCUT2D eigenvalue weighted by Crippen LogP contribution is -2.41. The molecule has 1 aliphatic rings. The standard InChI is InChI=1S/C19H27BN2O5S/c1-12(23)28-11-14(20-26-18(2,3)19(4,5)27-20)9-13-7-8-15(25-6)10-16(13)17(24)22-21/h7-10H,11,21H2,1-6H3,(H,22,24). The smallest absolute Gasteiger partial charge is 0.491 e. The fourth-order valence-corrected chi connectivity index (χ4v) is 3.21. The van der Waals surface area contributed by atoms with E-state index in [2.05, 4.69) is 5.43 Å². The summed E-state index contributed by atoms with van der Waals surface area (Å²) >= 11 is 1.16. The minimum atomic E-state index is -0.632. The summed E-state index contributed by atoms with van der Waals surface area (Å²) in [6.07, 6.45) is 1.81. The van der Waals surface area contributed by atoms with Crippen LogP contribution >= 0.6 is 11.8 Å². The Kier molecular flexibility index (Phi) is 6.98. The molecule has 9 heteroatoms. The zero-order valence-electron chi connectivity index (χ0n) is 17.1. The first-order chi connectivity index (χ1) is 13.0. The Bertz CT molecular complexity index is 779. The lowest BCUT2D eigenvalue weighted by Gasteiger charge is -2.32. The molecule has 0 bridgehead atoms. The van der Waals surface area contributed by atoms with Gasteiger partial charge in [0.05, 0.1) is 23.9 Å². The third-order valence-electron chi connectivity index (χ3n) is 4.98. The van der Waals surface area contributed by atoms with Crippen molar-refractivity contribution in [2.45, 2.75) is 45.8 Å². The summed E-state index contributed by atoms with van der Waals surface area (Å²) in [5.74, 6) is 5.79. The summed E-state index contributed by atoms with van der Waals surface area (Å²) in [7, 11) is 0.890. The first-order valence-electron chi connectivity index (χ1n) is 8.89. The van der Waals surface area contributed by atoms with Crippen molar-refractivity contribution in [2.75, 3.05) is 12.9 Å². The van der Waals surface area contributed by atoms with E-state index < -0.39 is 24.2 Å². The molecule has 0 saturated carbocycles. The predicted octanol–water partition coefficient (Wildman–Crippen LogP) is 2.59. The zero-order chi connectivity index (χ0) is 21.1. The fraction of sp³-hybridized carbons (Fsp3) is 0.474. The summed E-state index contributed by atoms with van der Waals surface area (Å²) in [4.78, 5) is 23.8. The van der Waals surface area contributed by atoms with E-state index >= 15 is 0 Å². The lowest BCUT2D eigenvalue weighted by atomic mass is 9.78. The molecule has 1 aliphatic heterocycles. The molecule has 28 heavy (non-hydrogen) atoms. The molecule has 0 aliphatic carbocycles. The first kappa shape index (κ1) is 22.5. The van der Waals surface area contributed by atoms with Crippen LogP contribution in [0.5, 0.6) is 5.75 Å². The van der Waals surface area contributed by atoms with Gasteiger partial charge in [0.25, 0.3) is 5.91 Å². The van der Waals surface area contributed by atoms with Crippen LogP contribution in [0.15, 0.2) is 23.7 Å². The van der Waals surface area contributed by atoms with E-state index in [-0.39, 0.29) is 5.12 Å². The van der Waals surface area contributed by atoms with E-state index in [4.69, 9.17) is 19.9 Å². The van der Waals surface area contributed by atoms with Crippen molar-refractivity contribution in [3.63, 3.8) is 0 Å². The summed E-state index contributed by atoms with van der Waals surface area (Å²) in [6, 6.07) is 5.11. The van der Waals surface area contributed by atoms with Gasteiger partial charge in [-0.25, -0.2) is 5.84 Å². The molecule has 152 valence electrons. The van der Waals surface area contributed by atoms with Crippen molar-refractivity contribution >= 4 is 36.0 Å². The van der Waals surface area contributed by atoms with Gasteiger partial charge in [-0.1, -0.05) is 23.9 Å². The van der Waals surface area contributed by atoms with Gasteiger partial charge in [0.2, 0.25) is 0 Å². The van der Waals surface area contributed by atoms with Crippen molar-refractivity contribution in [3.05, 3.63) is 34.8 Å². The Morgan fingerprint density at radius 2 is 1.86 bits per heavy atom. The number of carbonyl (C=O) groups is 2. The molecule has 1 fully saturated rings. The predicted molar refractivity (Wildman–Crippen MR) is 112 cm³/mol. The molecular weight excluding hydrogens is 379 g/mol. The van der Waals surface area contributed by atoms with Crippen LogP contribution in [0.4, 0.5) is 0 Å². The van der Waals surface area contributed by atoms with Crippen LogP contribution in [0.1, 0.15) is 50.5 Å². The van der Waals surface area contributed by atoms with Gasteiger partial charge >= 0.3 is 7.12 Å². The van der Waals surface area contributed by atoms with Gasteiger partial charge in [-0.15, -0.1) is 0 Å². The van der Waals surface area contributed by atoms with E-state index in [1.807, 2.05) is 33.8 Å². The quantitative estimate of drug-likeness (QED) is 0.324. The number of benzene rings is 1. The number of hydrogen-bond acceptors (Lipinski definition) is 7. The van der Waals surface area contributed by atoms with Crippen molar-refractivity contribution in [3.8, 4) is 5.75 Å². The maximum atomic E-state index is 12.2. The van der Waals surface area contributed by atoms with Crippen LogP contribution in [-0.2, 0) is 14.1 Å². The van der Waals surface area contributed by atoms with Gasteiger partial charge in [-0.2, -0.15) is 0 Å². The minimum absolute atomic E-state index is 0.0166. The molecule has 1 heterocycles. The number of amides is 1. The van der Waals surface area contributed by atoms with Gasteiger partial charge in [-0.05, 0) is 50.9 Å². The highest BCUT2D eigenvalue weighted by molar-refractivity contribution is 8.13. The average Bonchev–Trinajstić information content (AvgIpc) is 2.85. The number of nitrogens with two attached hydrogens (primary N) is 1. The molecule has 7 nitrogen and oxygen atoms in total. The van der Waals surface area contributed by atoms with Crippen molar-refractivity contribution < 1.29 is 23.6 Å². The van der Waals surface area contributed by atoms with Gasteiger partial charge in [0, 0.05) is 12.7 Å². The number of ether oxygens (including phenoxy) is 1. The number of hydrazine groups is 1. The maximum Gasteiger partial charge on any atom is 0.491 e. The normalized spacial score (nSPS) is 18.1. The molecule has 0 aromatic heterocycles. The summed E-state index contributed by atoms with van der Waals surface area (Å²) in [6.45, 7) is 9.35. The second-order valence-corrected chi connectivity index (χ2v) is 8.67. The summed E-state index contributed by atoms with van der Waals surface area (Å²) in [5.41, 5.74) is 2.83. The molecule has 0 unspecified atom stereocenters. The highest BCUT2D eigenvalue weighted by Crippen LogP contribution is 2.39. The van der Waals surface area contributed by atoms with Gasteiger partial charge in [-0.3, -0.25) is 15.0 Å². The molecule has 0 radical (unpaired) electrons. The molecule has 1 aromatic rings. The molecule has 2 rings (SSSR count). The lowest BCUT2D eigenvalue weighted by molar-refractivity contribution is -0.109. The monoisotopic (exact) mass is 406 g/mol. The maximum absolute atomic E-state index is 12.2. The van der Waals surface area contributed by atoms with Crippen molar-refractivity contribution in [1.29, 1.82) is 0 Å². The second-order valence-electron chi connectivity index (χ2n) is 7.51. The Labute approximate surface area is 170 Å². The molecule has 3 N–H and O–H groups in total. The van der Waals surface area contributed by atoms with E-state index in [0.29, 0.717) is 22.6 Å². The molecule has 1 aromatic carbocycles. The van der Waals surface area contributed by atoms with E-state index in [9.17, 15) is 9.59 Å². The SMILES string of the molecule is COc1ccc(C=C(CSC(C)=O)B2OC(C)(C)C(C)(C)O2)c(C(=O)NN)c1. The van der Waals surface area contributed by atoms with Gasteiger partial charge in [0.1, 0.15) is 5.75 Å². The summed E-state index contributed by atoms with van der Waals surface area (Å²) in [5, 5.41) is -0.0166. The van der Waals surface area contributed by atoms with Gasteiger partial charge < -0.3 is 14.0 Å². The topological polar surface area (TPSA) is 99.9 Å². The number of nitrogens with one attached hydrogen (secondary N) is 1. The molecule has 1 amide bonds.